The Morgan fingerprint density at radius 2 is 1.67 bits per heavy atom. The molecule has 0 heterocycles. The van der Waals surface area contributed by atoms with Crippen molar-refractivity contribution >= 4 is 0 Å². The molecular formula is C12H28O3. The van der Waals surface area contributed by atoms with Gasteiger partial charge in [0.25, 0.3) is 0 Å². The third kappa shape index (κ3) is 20.1. The maximum absolute atomic E-state index is 8.86. The van der Waals surface area contributed by atoms with Gasteiger partial charge in [-0.1, -0.05) is 27.2 Å². The van der Waals surface area contributed by atoms with Gasteiger partial charge in [-0.25, -0.2) is 0 Å². The quantitative estimate of drug-likeness (QED) is 0.648. The molecule has 2 atom stereocenters. The zero-order chi connectivity index (χ0) is 12.1. The lowest BCUT2D eigenvalue weighted by atomic mass is 10.2. The summed E-state index contributed by atoms with van der Waals surface area (Å²) in [5.41, 5.74) is 0. The molecule has 0 aliphatic heterocycles. The van der Waals surface area contributed by atoms with Gasteiger partial charge in [-0.3, -0.25) is 0 Å². The smallest absolute Gasteiger partial charge is 0.0745 e. The first-order valence-electron chi connectivity index (χ1n) is 6.02. The topological polar surface area (TPSA) is 49.7 Å². The minimum atomic E-state index is -0.318. The van der Waals surface area contributed by atoms with E-state index in [1.54, 1.807) is 6.92 Å². The summed E-state index contributed by atoms with van der Waals surface area (Å²) in [4.78, 5) is 0. The highest BCUT2D eigenvalue weighted by Crippen LogP contribution is 1.98. The number of rotatable bonds is 7. The standard InChI is InChI=1S/C6H14O2.C6H14O/c1-3-4-8-5-6(2)7;1-3-5-6(7)4-2/h6-7H,3-5H2,1-2H3;6-7H,3-5H2,1-2H3. The molecule has 0 aliphatic carbocycles. The lowest BCUT2D eigenvalue weighted by Gasteiger charge is -2.02. The second kappa shape index (κ2) is 13.9. The molecule has 0 radical (unpaired) electrons. The van der Waals surface area contributed by atoms with Crippen molar-refractivity contribution in [1.82, 2.24) is 0 Å². The van der Waals surface area contributed by atoms with E-state index >= 15 is 0 Å². The molecule has 0 bridgehead atoms. The Bertz CT molecular complexity index is 105. The SMILES string of the molecule is CCCC(O)CC.CCCOCC(C)O. The third-order valence-corrected chi connectivity index (χ3v) is 1.80. The Morgan fingerprint density at radius 1 is 1.07 bits per heavy atom. The van der Waals surface area contributed by atoms with E-state index in [2.05, 4.69) is 6.92 Å². The Hall–Kier alpha value is -0.120. The van der Waals surface area contributed by atoms with Gasteiger partial charge in [0.05, 0.1) is 18.8 Å². The van der Waals surface area contributed by atoms with Gasteiger partial charge in [0.1, 0.15) is 0 Å². The summed E-state index contributed by atoms with van der Waals surface area (Å²) in [6.45, 7) is 9.07. The molecule has 0 saturated heterocycles. The van der Waals surface area contributed by atoms with Gasteiger partial charge < -0.3 is 14.9 Å². The van der Waals surface area contributed by atoms with Crippen LogP contribution in [0.5, 0.6) is 0 Å². The Kier molecular flexibility index (Phi) is 16.0. The van der Waals surface area contributed by atoms with Crippen LogP contribution in [0.4, 0.5) is 0 Å². The molecule has 2 unspecified atom stereocenters. The Morgan fingerprint density at radius 3 is 1.93 bits per heavy atom. The molecule has 2 N–H and O–H groups in total. The fourth-order valence-electron chi connectivity index (χ4n) is 0.936. The van der Waals surface area contributed by atoms with Crippen LogP contribution in [-0.2, 0) is 4.74 Å². The van der Waals surface area contributed by atoms with Gasteiger partial charge >= 0.3 is 0 Å². The Labute approximate surface area is 94.5 Å². The van der Waals surface area contributed by atoms with Crippen molar-refractivity contribution in [3.63, 3.8) is 0 Å². The fraction of sp³-hybridized carbons (Fsp3) is 1.00. The summed E-state index contributed by atoms with van der Waals surface area (Å²) in [6, 6.07) is 0. The average Bonchev–Trinajstić information content (AvgIpc) is 2.19. The number of hydrogen-bond acceptors (Lipinski definition) is 3. The third-order valence-electron chi connectivity index (χ3n) is 1.80. The molecule has 0 aromatic rings. The van der Waals surface area contributed by atoms with E-state index in [-0.39, 0.29) is 12.2 Å². The molecule has 0 aromatic carbocycles. The van der Waals surface area contributed by atoms with Crippen LogP contribution in [0.25, 0.3) is 0 Å². The highest BCUT2D eigenvalue weighted by Gasteiger charge is 1.94. The minimum absolute atomic E-state index is 0.0509. The maximum Gasteiger partial charge on any atom is 0.0745 e. The van der Waals surface area contributed by atoms with Crippen LogP contribution in [0.1, 0.15) is 53.4 Å². The van der Waals surface area contributed by atoms with E-state index in [9.17, 15) is 0 Å². The van der Waals surface area contributed by atoms with Gasteiger partial charge in [0, 0.05) is 6.61 Å². The first-order valence-corrected chi connectivity index (χ1v) is 6.02. The minimum Gasteiger partial charge on any atom is -0.393 e. The van der Waals surface area contributed by atoms with Crippen LogP contribution in [0.15, 0.2) is 0 Å². The van der Waals surface area contributed by atoms with Crippen molar-refractivity contribution in [3.05, 3.63) is 0 Å². The summed E-state index contributed by atoms with van der Waals surface area (Å²) in [5, 5.41) is 17.5. The number of aliphatic hydroxyl groups excluding tert-OH is 2. The van der Waals surface area contributed by atoms with E-state index in [0.29, 0.717) is 6.61 Å². The monoisotopic (exact) mass is 220 g/mol. The second-order valence-corrected chi connectivity index (χ2v) is 3.77. The van der Waals surface area contributed by atoms with Crippen molar-refractivity contribution in [2.45, 2.75) is 65.6 Å². The van der Waals surface area contributed by atoms with E-state index in [4.69, 9.17) is 14.9 Å². The van der Waals surface area contributed by atoms with Crippen molar-refractivity contribution in [3.8, 4) is 0 Å². The van der Waals surface area contributed by atoms with Crippen LogP contribution in [0.3, 0.4) is 0 Å². The van der Waals surface area contributed by atoms with Crippen molar-refractivity contribution in [1.29, 1.82) is 0 Å². The number of hydrogen-bond donors (Lipinski definition) is 2. The molecule has 0 aromatic heterocycles. The van der Waals surface area contributed by atoms with Crippen molar-refractivity contribution in [2.75, 3.05) is 13.2 Å². The predicted molar refractivity (Wildman–Crippen MR) is 64.0 cm³/mol. The van der Waals surface area contributed by atoms with Crippen LogP contribution in [0, 0.1) is 0 Å². The molecule has 0 saturated carbocycles. The highest BCUT2D eigenvalue weighted by molar-refractivity contribution is 4.47. The Balaban J connectivity index is 0. The van der Waals surface area contributed by atoms with E-state index < -0.39 is 0 Å². The summed E-state index contributed by atoms with van der Waals surface area (Å²) in [6.07, 6.45) is 3.60. The first-order chi connectivity index (χ1) is 7.08. The average molecular weight is 220 g/mol. The van der Waals surface area contributed by atoms with Gasteiger partial charge in [-0.05, 0) is 26.2 Å². The van der Waals surface area contributed by atoms with Gasteiger partial charge in [-0.2, -0.15) is 0 Å². The largest absolute Gasteiger partial charge is 0.393 e. The zero-order valence-corrected chi connectivity index (χ0v) is 10.7. The maximum atomic E-state index is 8.86. The lowest BCUT2D eigenvalue weighted by Crippen LogP contribution is -2.10. The molecule has 15 heavy (non-hydrogen) atoms. The predicted octanol–water partition coefficient (Wildman–Crippen LogP) is 2.35. The summed E-state index contributed by atoms with van der Waals surface area (Å²) in [5.74, 6) is 0. The van der Waals surface area contributed by atoms with E-state index in [1.165, 1.54) is 0 Å². The van der Waals surface area contributed by atoms with Crippen molar-refractivity contribution < 1.29 is 14.9 Å². The zero-order valence-electron chi connectivity index (χ0n) is 10.7. The molecule has 0 fully saturated rings. The normalized spacial score (nSPS) is 14.0. The summed E-state index contributed by atoms with van der Waals surface area (Å²) >= 11 is 0. The van der Waals surface area contributed by atoms with Crippen LogP contribution >= 0.6 is 0 Å². The molecule has 94 valence electrons. The van der Waals surface area contributed by atoms with Gasteiger partial charge in [0.2, 0.25) is 0 Å². The fourth-order valence-corrected chi connectivity index (χ4v) is 0.936. The first kappa shape index (κ1) is 17.3. The number of aliphatic hydroxyl groups is 2. The van der Waals surface area contributed by atoms with Crippen LogP contribution < -0.4 is 0 Å². The molecular weight excluding hydrogens is 192 g/mol. The molecule has 0 amide bonds. The molecule has 3 nitrogen and oxygen atoms in total. The van der Waals surface area contributed by atoms with Gasteiger partial charge in [0.15, 0.2) is 0 Å². The van der Waals surface area contributed by atoms with E-state index in [1.807, 2.05) is 13.8 Å². The molecule has 0 spiro atoms. The molecule has 0 rings (SSSR count). The molecule has 0 aliphatic rings. The lowest BCUT2D eigenvalue weighted by molar-refractivity contribution is 0.0466. The van der Waals surface area contributed by atoms with Crippen molar-refractivity contribution in [2.24, 2.45) is 0 Å². The van der Waals surface area contributed by atoms with E-state index in [0.717, 1.165) is 32.3 Å². The summed E-state index contributed by atoms with van der Waals surface area (Å²) < 4.78 is 4.99. The van der Waals surface area contributed by atoms with Gasteiger partial charge in [-0.15, -0.1) is 0 Å². The number of ether oxygens (including phenoxy) is 1. The van der Waals surface area contributed by atoms with Crippen LogP contribution in [-0.4, -0.2) is 35.6 Å². The van der Waals surface area contributed by atoms with Crippen LogP contribution in [0.2, 0.25) is 0 Å². The second-order valence-electron chi connectivity index (χ2n) is 3.77. The highest BCUT2D eigenvalue weighted by atomic mass is 16.5. The molecule has 3 heteroatoms. The summed E-state index contributed by atoms with van der Waals surface area (Å²) in [7, 11) is 0.